The third-order valence-corrected chi connectivity index (χ3v) is 8.40. The van der Waals surface area contributed by atoms with E-state index in [4.69, 9.17) is 0 Å². The Balaban J connectivity index is 1.48. The van der Waals surface area contributed by atoms with Crippen molar-refractivity contribution in [1.82, 2.24) is 4.98 Å². The van der Waals surface area contributed by atoms with Gasteiger partial charge >= 0.3 is 0 Å². The Morgan fingerprint density at radius 1 is 0.462 bits per heavy atom. The van der Waals surface area contributed by atoms with Crippen LogP contribution in [0.1, 0.15) is 27.8 Å². The van der Waals surface area contributed by atoms with E-state index in [1.165, 1.54) is 55.6 Å². The molecule has 6 aromatic rings. The molecule has 5 aromatic carbocycles. The quantitative estimate of drug-likeness (QED) is 0.241. The van der Waals surface area contributed by atoms with Gasteiger partial charge in [0.25, 0.3) is 0 Å². The molecule has 0 saturated carbocycles. The fourth-order valence-electron chi connectivity index (χ4n) is 6.79. The van der Waals surface area contributed by atoms with Crippen LogP contribution in [0.15, 0.2) is 134 Å². The summed E-state index contributed by atoms with van der Waals surface area (Å²) in [7, 11) is 0. The van der Waals surface area contributed by atoms with Crippen LogP contribution in [0.2, 0.25) is 0 Å². The molecule has 2 aliphatic rings. The molecule has 0 atom stereocenters. The maximum absolute atomic E-state index is 9.50. The summed E-state index contributed by atoms with van der Waals surface area (Å²) in [4.78, 5) is 4.35. The Morgan fingerprint density at radius 3 is 1.62 bits per heavy atom. The van der Waals surface area contributed by atoms with Crippen LogP contribution in [0.5, 0.6) is 0 Å². The SMILES string of the molecule is N#Cc1cncc(-c2ccc3c(c2)C2(c4ccccc4-c4ccccc42)c2cc(-c4ccccc4)ccc2-3)c1. The van der Waals surface area contributed by atoms with Crippen LogP contribution in [0.3, 0.4) is 0 Å². The van der Waals surface area contributed by atoms with Crippen LogP contribution >= 0.6 is 0 Å². The van der Waals surface area contributed by atoms with E-state index in [1.807, 2.05) is 12.3 Å². The minimum absolute atomic E-state index is 0.432. The van der Waals surface area contributed by atoms with Crippen LogP contribution < -0.4 is 0 Å². The maximum atomic E-state index is 9.50. The van der Waals surface area contributed by atoms with Gasteiger partial charge in [-0.05, 0) is 79.4 Å². The zero-order chi connectivity index (χ0) is 26.0. The Bertz CT molecular complexity index is 1930. The van der Waals surface area contributed by atoms with Crippen molar-refractivity contribution in [2.45, 2.75) is 5.41 Å². The Kier molecular flexibility index (Phi) is 4.54. The normalized spacial score (nSPS) is 13.3. The highest BCUT2D eigenvalue weighted by molar-refractivity contribution is 5.96. The summed E-state index contributed by atoms with van der Waals surface area (Å²) in [5, 5.41) is 9.50. The first-order valence-corrected chi connectivity index (χ1v) is 13.2. The number of pyridine rings is 1. The summed E-state index contributed by atoms with van der Waals surface area (Å²) in [5.74, 6) is 0. The lowest BCUT2D eigenvalue weighted by Gasteiger charge is -2.31. The van der Waals surface area contributed by atoms with Crippen LogP contribution in [0, 0.1) is 11.3 Å². The van der Waals surface area contributed by atoms with E-state index >= 15 is 0 Å². The van der Waals surface area contributed by atoms with Crippen LogP contribution in [-0.2, 0) is 5.41 Å². The number of benzene rings is 5. The molecule has 1 spiro atoms. The number of rotatable bonds is 2. The van der Waals surface area contributed by atoms with Gasteiger partial charge in [-0.1, -0.05) is 103 Å². The Hall–Kier alpha value is -5.26. The fraction of sp³-hybridized carbons (Fsp3) is 0.0270. The third kappa shape index (κ3) is 2.93. The van der Waals surface area contributed by atoms with Crippen molar-refractivity contribution in [2.75, 3.05) is 0 Å². The molecule has 0 fully saturated rings. The predicted molar refractivity (Wildman–Crippen MR) is 156 cm³/mol. The van der Waals surface area contributed by atoms with Gasteiger partial charge in [-0.15, -0.1) is 0 Å². The molecule has 180 valence electrons. The molecule has 0 radical (unpaired) electrons. The van der Waals surface area contributed by atoms with E-state index in [0.717, 1.165) is 11.1 Å². The van der Waals surface area contributed by atoms with Crippen LogP contribution in [-0.4, -0.2) is 4.98 Å². The number of hydrogen-bond donors (Lipinski definition) is 0. The molecule has 0 saturated heterocycles. The number of nitrogens with zero attached hydrogens (tertiary/aromatic N) is 2. The lowest BCUT2D eigenvalue weighted by atomic mass is 9.70. The molecule has 0 aliphatic heterocycles. The smallest absolute Gasteiger partial charge is 0.101 e. The van der Waals surface area contributed by atoms with Crippen LogP contribution in [0.25, 0.3) is 44.5 Å². The summed E-state index contributed by atoms with van der Waals surface area (Å²) in [5.41, 5.74) is 14.9. The summed E-state index contributed by atoms with van der Waals surface area (Å²) in [6.45, 7) is 0. The van der Waals surface area contributed by atoms with Gasteiger partial charge in [0.15, 0.2) is 0 Å². The van der Waals surface area contributed by atoms with Gasteiger partial charge < -0.3 is 0 Å². The Morgan fingerprint density at radius 2 is 1.00 bits per heavy atom. The number of aromatic nitrogens is 1. The third-order valence-electron chi connectivity index (χ3n) is 8.40. The first kappa shape index (κ1) is 21.8. The van der Waals surface area contributed by atoms with Crippen molar-refractivity contribution in [3.8, 4) is 50.6 Å². The van der Waals surface area contributed by atoms with Crippen molar-refractivity contribution in [3.63, 3.8) is 0 Å². The minimum atomic E-state index is -0.432. The fourth-order valence-corrected chi connectivity index (χ4v) is 6.79. The predicted octanol–water partition coefficient (Wildman–Crippen LogP) is 8.63. The second-order valence-corrected chi connectivity index (χ2v) is 10.3. The van der Waals surface area contributed by atoms with Gasteiger partial charge in [-0.2, -0.15) is 5.26 Å². The molecule has 2 nitrogen and oxygen atoms in total. The Labute approximate surface area is 227 Å². The molecule has 1 heterocycles. The zero-order valence-corrected chi connectivity index (χ0v) is 21.1. The molecule has 0 N–H and O–H groups in total. The molecule has 0 unspecified atom stereocenters. The van der Waals surface area contributed by atoms with Gasteiger partial charge in [0.05, 0.1) is 11.0 Å². The lowest BCUT2D eigenvalue weighted by molar-refractivity contribution is 0.794. The standard InChI is InChI=1S/C37H22N2/c38-21-24-18-28(23-39-22-24)27-15-17-32-31-16-14-26(25-8-2-1-3-9-25)19-35(31)37(36(32)20-27)33-12-6-4-10-29(33)30-11-5-7-13-34(30)37/h1-20,22-23H. The molecule has 2 heteroatoms. The second-order valence-electron chi connectivity index (χ2n) is 10.3. The van der Waals surface area contributed by atoms with Crippen LogP contribution in [0.4, 0.5) is 0 Å². The molecule has 39 heavy (non-hydrogen) atoms. The molecule has 1 aromatic heterocycles. The van der Waals surface area contributed by atoms with Gasteiger partial charge in [0.2, 0.25) is 0 Å². The van der Waals surface area contributed by atoms with Gasteiger partial charge in [0, 0.05) is 18.0 Å². The van der Waals surface area contributed by atoms with E-state index in [-0.39, 0.29) is 0 Å². The molecular formula is C37H22N2. The molecule has 0 amide bonds. The monoisotopic (exact) mass is 494 g/mol. The van der Waals surface area contributed by atoms with Crippen molar-refractivity contribution >= 4 is 0 Å². The molecule has 8 rings (SSSR count). The molecule has 0 bridgehead atoms. The highest BCUT2D eigenvalue weighted by atomic mass is 14.6. The largest absolute Gasteiger partial charge is 0.263 e. The van der Waals surface area contributed by atoms with Crippen molar-refractivity contribution in [3.05, 3.63) is 162 Å². The number of hydrogen-bond acceptors (Lipinski definition) is 2. The number of fused-ring (bicyclic) bond motifs is 10. The van der Waals surface area contributed by atoms with E-state index in [0.29, 0.717) is 5.56 Å². The first-order chi connectivity index (χ1) is 19.3. The zero-order valence-electron chi connectivity index (χ0n) is 21.1. The summed E-state index contributed by atoms with van der Waals surface area (Å²) in [6, 6.07) is 46.2. The molecular weight excluding hydrogens is 472 g/mol. The summed E-state index contributed by atoms with van der Waals surface area (Å²) >= 11 is 0. The minimum Gasteiger partial charge on any atom is -0.263 e. The molecule has 2 aliphatic carbocycles. The first-order valence-electron chi connectivity index (χ1n) is 13.2. The van der Waals surface area contributed by atoms with E-state index in [9.17, 15) is 5.26 Å². The van der Waals surface area contributed by atoms with E-state index in [2.05, 4.69) is 126 Å². The average Bonchev–Trinajstić information content (AvgIpc) is 3.48. The average molecular weight is 495 g/mol. The van der Waals surface area contributed by atoms with Crippen molar-refractivity contribution in [1.29, 1.82) is 5.26 Å². The van der Waals surface area contributed by atoms with Crippen molar-refractivity contribution < 1.29 is 0 Å². The van der Waals surface area contributed by atoms with Crippen molar-refractivity contribution in [2.24, 2.45) is 0 Å². The van der Waals surface area contributed by atoms with E-state index < -0.39 is 5.41 Å². The van der Waals surface area contributed by atoms with E-state index in [1.54, 1.807) is 6.20 Å². The topological polar surface area (TPSA) is 36.7 Å². The summed E-state index contributed by atoms with van der Waals surface area (Å²) in [6.07, 6.45) is 3.46. The van der Waals surface area contributed by atoms with Gasteiger partial charge in [0.1, 0.15) is 6.07 Å². The van der Waals surface area contributed by atoms with Gasteiger partial charge in [-0.3, -0.25) is 4.98 Å². The highest BCUT2D eigenvalue weighted by Gasteiger charge is 2.51. The lowest BCUT2D eigenvalue weighted by Crippen LogP contribution is -2.26. The van der Waals surface area contributed by atoms with Gasteiger partial charge in [-0.25, -0.2) is 0 Å². The maximum Gasteiger partial charge on any atom is 0.101 e. The summed E-state index contributed by atoms with van der Waals surface area (Å²) < 4.78 is 0. The number of nitriles is 1. The second kappa shape index (κ2) is 8.12. The highest BCUT2D eigenvalue weighted by Crippen LogP contribution is 2.63.